The van der Waals surface area contributed by atoms with Crippen LogP contribution in [0.1, 0.15) is 46.2 Å². The van der Waals surface area contributed by atoms with Crippen molar-refractivity contribution in [1.29, 1.82) is 0 Å². The van der Waals surface area contributed by atoms with E-state index in [1.165, 1.54) is 11.8 Å². The van der Waals surface area contributed by atoms with Gasteiger partial charge in [-0.05, 0) is 53.5 Å². The predicted molar refractivity (Wildman–Crippen MR) is 148 cm³/mol. The molecular formula is C26H34ClN7O3S. The van der Waals surface area contributed by atoms with Gasteiger partial charge in [0, 0.05) is 35.8 Å². The van der Waals surface area contributed by atoms with Crippen LogP contribution in [-0.2, 0) is 9.47 Å². The van der Waals surface area contributed by atoms with Gasteiger partial charge < -0.3 is 29.8 Å². The first-order valence-electron chi connectivity index (χ1n) is 12.7. The van der Waals surface area contributed by atoms with Crippen molar-refractivity contribution in [1.82, 2.24) is 24.7 Å². The number of ether oxygens (including phenoxy) is 2. The van der Waals surface area contributed by atoms with Crippen molar-refractivity contribution in [3.05, 3.63) is 35.4 Å². The molecule has 38 heavy (non-hydrogen) atoms. The van der Waals surface area contributed by atoms with Gasteiger partial charge in [0.2, 0.25) is 0 Å². The molecule has 3 N–H and O–H groups in total. The fourth-order valence-electron chi connectivity index (χ4n) is 5.24. The standard InChI is InChI=1S/C26H34ClN7O3S/c1-15-13-34-9-6-17(19(27)22(34)30-15)38-23-21(28)31-18(12-29-23)33-10-7-26(8-11-33)14-36-16(2)20(26)32-24(35)37-25(3,4)5/h6,9,12-13,16,20H,7-8,10-11,14H2,1-5H3,(H2,28,31)(H,32,35)/t16-,20+/m0/s1. The third-order valence-electron chi connectivity index (χ3n) is 7.13. The van der Waals surface area contributed by atoms with Crippen molar-refractivity contribution < 1.29 is 14.3 Å². The Kier molecular flexibility index (Phi) is 7.12. The molecule has 2 atom stereocenters. The molecule has 12 heteroatoms. The Hall–Kier alpha value is -2.76. The maximum Gasteiger partial charge on any atom is 0.407 e. The molecule has 2 fully saturated rings. The highest BCUT2D eigenvalue weighted by Crippen LogP contribution is 2.43. The number of pyridine rings is 1. The van der Waals surface area contributed by atoms with E-state index in [-0.39, 0.29) is 17.6 Å². The SMILES string of the molecule is Cc1cn2ccc(Sc3ncc(N4CCC5(CC4)CO[C@@H](C)[C@H]5NC(=O)OC(C)(C)C)nc3N)c(Cl)c2n1. The number of carbonyl (C=O) groups excluding carboxylic acids is 1. The molecule has 2 saturated heterocycles. The molecule has 1 spiro atoms. The number of fused-ring (bicyclic) bond motifs is 1. The first kappa shape index (κ1) is 26.8. The third kappa shape index (κ3) is 5.37. The second kappa shape index (κ2) is 10.1. The minimum Gasteiger partial charge on any atom is -0.444 e. The Morgan fingerprint density at radius 1 is 1.32 bits per heavy atom. The first-order chi connectivity index (χ1) is 17.9. The molecule has 1 amide bonds. The number of aromatic nitrogens is 4. The van der Waals surface area contributed by atoms with Crippen LogP contribution in [0.25, 0.3) is 5.65 Å². The number of carbonyl (C=O) groups is 1. The predicted octanol–water partition coefficient (Wildman–Crippen LogP) is 4.72. The Morgan fingerprint density at radius 2 is 2.05 bits per heavy atom. The molecule has 2 aliphatic heterocycles. The van der Waals surface area contributed by atoms with Gasteiger partial charge in [0.25, 0.3) is 0 Å². The molecule has 0 unspecified atom stereocenters. The van der Waals surface area contributed by atoms with Crippen LogP contribution in [-0.4, -0.2) is 62.9 Å². The highest BCUT2D eigenvalue weighted by atomic mass is 35.5. The van der Waals surface area contributed by atoms with Crippen LogP contribution in [0.5, 0.6) is 0 Å². The number of piperidine rings is 1. The summed E-state index contributed by atoms with van der Waals surface area (Å²) >= 11 is 7.98. The zero-order valence-corrected chi connectivity index (χ0v) is 23.9. The quantitative estimate of drug-likeness (QED) is 0.468. The van der Waals surface area contributed by atoms with E-state index in [0.29, 0.717) is 28.1 Å². The van der Waals surface area contributed by atoms with E-state index < -0.39 is 11.7 Å². The minimum atomic E-state index is -0.553. The normalized spacial score (nSPS) is 21.3. The van der Waals surface area contributed by atoms with E-state index in [1.54, 1.807) is 6.20 Å². The highest BCUT2D eigenvalue weighted by Gasteiger charge is 2.50. The van der Waals surface area contributed by atoms with E-state index in [9.17, 15) is 4.79 Å². The average Bonchev–Trinajstić information content (AvgIpc) is 3.37. The van der Waals surface area contributed by atoms with Crippen molar-refractivity contribution in [2.45, 2.75) is 75.1 Å². The van der Waals surface area contributed by atoms with E-state index in [0.717, 1.165) is 42.3 Å². The van der Waals surface area contributed by atoms with Crippen molar-refractivity contribution in [2.24, 2.45) is 5.41 Å². The van der Waals surface area contributed by atoms with E-state index in [4.69, 9.17) is 26.8 Å². The van der Waals surface area contributed by atoms with Crippen LogP contribution < -0.4 is 16.0 Å². The van der Waals surface area contributed by atoms with Crippen LogP contribution in [0.15, 0.2) is 34.6 Å². The number of hydrogen-bond acceptors (Lipinski definition) is 9. The summed E-state index contributed by atoms with van der Waals surface area (Å²) in [5.74, 6) is 1.08. The molecule has 3 aromatic rings. The topological polar surface area (TPSA) is 120 Å². The lowest BCUT2D eigenvalue weighted by Crippen LogP contribution is -2.55. The molecule has 0 saturated carbocycles. The van der Waals surface area contributed by atoms with Crippen molar-refractivity contribution in [2.75, 3.05) is 30.3 Å². The number of nitrogens with one attached hydrogen (secondary N) is 1. The molecule has 5 rings (SSSR count). The maximum atomic E-state index is 12.5. The van der Waals surface area contributed by atoms with Crippen molar-refractivity contribution in [3.8, 4) is 0 Å². The number of amides is 1. The van der Waals surface area contributed by atoms with Crippen LogP contribution in [0.4, 0.5) is 16.4 Å². The summed E-state index contributed by atoms with van der Waals surface area (Å²) in [5.41, 5.74) is 7.23. The fourth-order valence-corrected chi connectivity index (χ4v) is 6.34. The van der Waals surface area contributed by atoms with Gasteiger partial charge in [-0.25, -0.2) is 19.7 Å². The number of nitrogen functional groups attached to an aromatic ring is 1. The molecule has 5 heterocycles. The first-order valence-corrected chi connectivity index (χ1v) is 13.9. The summed E-state index contributed by atoms with van der Waals surface area (Å²) in [6.07, 6.45) is 6.80. The van der Waals surface area contributed by atoms with Crippen LogP contribution in [0.3, 0.4) is 0 Å². The molecular weight excluding hydrogens is 526 g/mol. The minimum absolute atomic E-state index is 0.0854. The number of alkyl carbamates (subject to hydrolysis) is 1. The van der Waals surface area contributed by atoms with Gasteiger partial charge in [-0.3, -0.25) is 0 Å². The van der Waals surface area contributed by atoms with Crippen LogP contribution in [0, 0.1) is 12.3 Å². The monoisotopic (exact) mass is 559 g/mol. The van der Waals surface area contributed by atoms with E-state index in [2.05, 4.69) is 25.2 Å². The lowest BCUT2D eigenvalue weighted by Gasteiger charge is -2.43. The summed E-state index contributed by atoms with van der Waals surface area (Å²) in [7, 11) is 0. The van der Waals surface area contributed by atoms with Gasteiger partial charge >= 0.3 is 6.09 Å². The molecule has 204 valence electrons. The number of rotatable bonds is 4. The molecule has 0 radical (unpaired) electrons. The van der Waals surface area contributed by atoms with Gasteiger partial charge in [0.1, 0.15) is 16.4 Å². The van der Waals surface area contributed by atoms with Gasteiger partial charge in [-0.1, -0.05) is 23.4 Å². The summed E-state index contributed by atoms with van der Waals surface area (Å²) in [6.45, 7) is 11.6. The third-order valence-corrected chi connectivity index (χ3v) is 8.68. The Balaban J connectivity index is 1.26. The zero-order chi connectivity index (χ0) is 27.2. The summed E-state index contributed by atoms with van der Waals surface area (Å²) in [4.78, 5) is 29.3. The lowest BCUT2D eigenvalue weighted by atomic mass is 9.73. The summed E-state index contributed by atoms with van der Waals surface area (Å²) < 4.78 is 13.4. The summed E-state index contributed by atoms with van der Waals surface area (Å²) in [6, 6.07) is 1.81. The number of nitrogens with zero attached hydrogens (tertiary/aromatic N) is 5. The van der Waals surface area contributed by atoms with Crippen molar-refractivity contribution in [3.63, 3.8) is 0 Å². The van der Waals surface area contributed by atoms with Crippen LogP contribution >= 0.6 is 23.4 Å². The molecule has 2 aliphatic rings. The molecule has 0 aliphatic carbocycles. The maximum absolute atomic E-state index is 12.5. The number of aryl methyl sites for hydroxylation is 1. The number of anilines is 2. The Labute approximate surface area is 231 Å². The van der Waals surface area contributed by atoms with Gasteiger partial charge in [-0.2, -0.15) is 0 Å². The van der Waals surface area contributed by atoms with Crippen molar-refractivity contribution >= 4 is 46.7 Å². The molecule has 3 aromatic heterocycles. The number of hydrogen-bond donors (Lipinski definition) is 2. The zero-order valence-electron chi connectivity index (χ0n) is 22.3. The molecule has 0 bridgehead atoms. The number of halogens is 1. The summed E-state index contributed by atoms with van der Waals surface area (Å²) in [5, 5.41) is 4.23. The number of nitrogens with two attached hydrogens (primary N) is 1. The van der Waals surface area contributed by atoms with E-state index >= 15 is 0 Å². The molecule has 10 nitrogen and oxygen atoms in total. The number of imidazole rings is 1. The second-order valence-electron chi connectivity index (χ2n) is 11.1. The van der Waals surface area contributed by atoms with Gasteiger partial charge in [0.05, 0.1) is 35.7 Å². The molecule has 0 aromatic carbocycles. The smallest absolute Gasteiger partial charge is 0.407 e. The highest BCUT2D eigenvalue weighted by molar-refractivity contribution is 7.99. The van der Waals surface area contributed by atoms with E-state index in [1.807, 2.05) is 57.5 Å². The Morgan fingerprint density at radius 3 is 2.74 bits per heavy atom. The fraction of sp³-hybridized carbons (Fsp3) is 0.538. The van der Waals surface area contributed by atoms with Gasteiger partial charge in [-0.15, -0.1) is 0 Å². The second-order valence-corrected chi connectivity index (χ2v) is 12.5. The van der Waals surface area contributed by atoms with Gasteiger partial charge in [0.15, 0.2) is 11.5 Å². The largest absolute Gasteiger partial charge is 0.444 e. The Bertz CT molecular complexity index is 1350. The van der Waals surface area contributed by atoms with Crippen LogP contribution in [0.2, 0.25) is 5.02 Å². The lowest BCUT2D eigenvalue weighted by molar-refractivity contribution is 0.0434. The average molecular weight is 560 g/mol.